The summed E-state index contributed by atoms with van der Waals surface area (Å²) in [5.41, 5.74) is 7.60. The van der Waals surface area contributed by atoms with E-state index in [-0.39, 0.29) is 0 Å². The smallest absolute Gasteiger partial charge is 0.129 e. The first kappa shape index (κ1) is 9.80. The zero-order valence-electron chi connectivity index (χ0n) is 8.43. The van der Waals surface area contributed by atoms with Crippen LogP contribution in [0.25, 0.3) is 11.1 Å². The fraction of sp³-hybridized carbons (Fsp3) is 0.167. The van der Waals surface area contributed by atoms with Gasteiger partial charge < -0.3 is 5.73 Å². The van der Waals surface area contributed by atoms with Gasteiger partial charge in [-0.3, -0.25) is 0 Å². The van der Waals surface area contributed by atoms with Crippen molar-refractivity contribution in [2.75, 3.05) is 6.54 Å². The fourth-order valence-electron chi connectivity index (χ4n) is 1.39. The van der Waals surface area contributed by atoms with E-state index >= 15 is 0 Å². The molecule has 0 fully saturated rings. The van der Waals surface area contributed by atoms with E-state index in [0.29, 0.717) is 6.54 Å². The van der Waals surface area contributed by atoms with Crippen LogP contribution in [-0.2, 0) is 6.42 Å². The van der Waals surface area contributed by atoms with E-state index in [4.69, 9.17) is 5.73 Å². The molecular formula is C12H13N3. The third-order valence-corrected chi connectivity index (χ3v) is 2.18. The van der Waals surface area contributed by atoms with Crippen molar-refractivity contribution in [2.24, 2.45) is 5.73 Å². The highest BCUT2D eigenvalue weighted by Gasteiger charge is 1.98. The molecule has 0 radical (unpaired) electrons. The van der Waals surface area contributed by atoms with Crippen LogP contribution in [0.3, 0.4) is 0 Å². The molecule has 1 heterocycles. The normalized spacial score (nSPS) is 10.2. The minimum atomic E-state index is 0.588. The lowest BCUT2D eigenvalue weighted by atomic mass is 10.1. The van der Waals surface area contributed by atoms with E-state index < -0.39 is 0 Å². The van der Waals surface area contributed by atoms with Gasteiger partial charge in [-0.05, 0) is 12.1 Å². The van der Waals surface area contributed by atoms with Crippen molar-refractivity contribution < 1.29 is 0 Å². The van der Waals surface area contributed by atoms with E-state index in [1.807, 2.05) is 42.7 Å². The molecule has 0 bridgehead atoms. The molecule has 2 aromatic rings. The Labute approximate surface area is 89.0 Å². The Morgan fingerprint density at radius 2 is 1.60 bits per heavy atom. The molecule has 3 nitrogen and oxygen atoms in total. The van der Waals surface area contributed by atoms with Crippen molar-refractivity contribution >= 4 is 0 Å². The largest absolute Gasteiger partial charge is 0.330 e. The molecule has 1 aromatic heterocycles. The summed E-state index contributed by atoms with van der Waals surface area (Å²) in [6, 6.07) is 10.1. The second-order valence-corrected chi connectivity index (χ2v) is 3.29. The van der Waals surface area contributed by atoms with Crippen molar-refractivity contribution in [1.29, 1.82) is 0 Å². The fourth-order valence-corrected chi connectivity index (χ4v) is 1.39. The van der Waals surface area contributed by atoms with E-state index in [1.54, 1.807) is 0 Å². The minimum absolute atomic E-state index is 0.588. The molecule has 0 atom stereocenters. The van der Waals surface area contributed by atoms with Crippen LogP contribution in [0.4, 0.5) is 0 Å². The van der Waals surface area contributed by atoms with Gasteiger partial charge in [0.2, 0.25) is 0 Å². The van der Waals surface area contributed by atoms with Gasteiger partial charge in [-0.15, -0.1) is 0 Å². The summed E-state index contributed by atoms with van der Waals surface area (Å²) in [4.78, 5) is 8.51. The monoisotopic (exact) mass is 199 g/mol. The van der Waals surface area contributed by atoms with E-state index in [9.17, 15) is 0 Å². The third kappa shape index (κ3) is 2.39. The van der Waals surface area contributed by atoms with Crippen LogP contribution in [0.1, 0.15) is 5.82 Å². The molecule has 0 aliphatic carbocycles. The molecule has 0 aliphatic heterocycles. The van der Waals surface area contributed by atoms with Crippen LogP contribution in [0.15, 0.2) is 42.7 Å². The van der Waals surface area contributed by atoms with Crippen LogP contribution >= 0.6 is 0 Å². The highest BCUT2D eigenvalue weighted by molar-refractivity contribution is 5.60. The molecule has 15 heavy (non-hydrogen) atoms. The van der Waals surface area contributed by atoms with Gasteiger partial charge in [0.25, 0.3) is 0 Å². The summed E-state index contributed by atoms with van der Waals surface area (Å²) in [7, 11) is 0. The number of nitrogens with zero attached hydrogens (tertiary/aromatic N) is 2. The van der Waals surface area contributed by atoms with Crippen molar-refractivity contribution in [3.05, 3.63) is 48.5 Å². The van der Waals surface area contributed by atoms with Crippen LogP contribution in [-0.4, -0.2) is 16.5 Å². The van der Waals surface area contributed by atoms with Gasteiger partial charge in [0.1, 0.15) is 5.82 Å². The predicted octanol–water partition coefficient (Wildman–Crippen LogP) is 1.64. The molecule has 0 unspecified atom stereocenters. The van der Waals surface area contributed by atoms with Gasteiger partial charge in [0.05, 0.1) is 0 Å². The van der Waals surface area contributed by atoms with Crippen molar-refractivity contribution in [2.45, 2.75) is 6.42 Å². The van der Waals surface area contributed by atoms with Gasteiger partial charge >= 0.3 is 0 Å². The molecule has 0 aliphatic rings. The lowest BCUT2D eigenvalue weighted by Gasteiger charge is -2.01. The Morgan fingerprint density at radius 1 is 0.933 bits per heavy atom. The quantitative estimate of drug-likeness (QED) is 0.817. The Balaban J connectivity index is 2.24. The van der Waals surface area contributed by atoms with Crippen molar-refractivity contribution in [3.63, 3.8) is 0 Å². The first-order valence-corrected chi connectivity index (χ1v) is 4.96. The first-order chi connectivity index (χ1) is 7.40. The standard InChI is InChI=1S/C12H13N3/c13-7-6-12-14-8-11(9-15-12)10-4-2-1-3-5-10/h1-5,8-9H,6-7,13H2. The van der Waals surface area contributed by atoms with Gasteiger partial charge in [-0.2, -0.15) is 0 Å². The van der Waals surface area contributed by atoms with E-state index in [0.717, 1.165) is 23.4 Å². The number of hydrogen-bond donors (Lipinski definition) is 1. The molecular weight excluding hydrogens is 186 g/mol. The molecule has 3 heteroatoms. The Bertz CT molecular complexity index is 409. The highest BCUT2D eigenvalue weighted by Crippen LogP contribution is 2.16. The average Bonchev–Trinajstić information content (AvgIpc) is 2.32. The van der Waals surface area contributed by atoms with Crippen LogP contribution in [0.2, 0.25) is 0 Å². The molecule has 0 saturated carbocycles. The van der Waals surface area contributed by atoms with Crippen molar-refractivity contribution in [1.82, 2.24) is 9.97 Å². The SMILES string of the molecule is NCCc1ncc(-c2ccccc2)cn1. The second-order valence-electron chi connectivity index (χ2n) is 3.29. The molecule has 76 valence electrons. The maximum Gasteiger partial charge on any atom is 0.129 e. The summed E-state index contributed by atoms with van der Waals surface area (Å²) < 4.78 is 0. The zero-order valence-corrected chi connectivity index (χ0v) is 8.43. The van der Waals surface area contributed by atoms with Gasteiger partial charge in [-0.1, -0.05) is 30.3 Å². The average molecular weight is 199 g/mol. The summed E-state index contributed by atoms with van der Waals surface area (Å²) >= 11 is 0. The van der Waals surface area contributed by atoms with Crippen LogP contribution < -0.4 is 5.73 Å². The lowest BCUT2D eigenvalue weighted by molar-refractivity contribution is 0.868. The molecule has 0 spiro atoms. The number of benzene rings is 1. The Hall–Kier alpha value is -1.74. The second kappa shape index (κ2) is 4.66. The Morgan fingerprint density at radius 3 is 2.20 bits per heavy atom. The summed E-state index contributed by atoms with van der Waals surface area (Å²) in [5.74, 6) is 0.803. The first-order valence-electron chi connectivity index (χ1n) is 4.96. The van der Waals surface area contributed by atoms with Gasteiger partial charge in [-0.25, -0.2) is 9.97 Å². The highest BCUT2D eigenvalue weighted by atomic mass is 14.9. The summed E-state index contributed by atoms with van der Waals surface area (Å²) in [6.45, 7) is 0.588. The molecule has 0 saturated heterocycles. The predicted molar refractivity (Wildman–Crippen MR) is 60.2 cm³/mol. The van der Waals surface area contributed by atoms with E-state index in [1.165, 1.54) is 0 Å². The van der Waals surface area contributed by atoms with Gasteiger partial charge in [0, 0.05) is 24.4 Å². The molecule has 2 rings (SSSR count). The number of aromatic nitrogens is 2. The third-order valence-electron chi connectivity index (χ3n) is 2.18. The minimum Gasteiger partial charge on any atom is -0.330 e. The maximum absolute atomic E-state index is 5.43. The lowest BCUT2D eigenvalue weighted by Crippen LogP contribution is -2.06. The van der Waals surface area contributed by atoms with Crippen LogP contribution in [0.5, 0.6) is 0 Å². The summed E-state index contributed by atoms with van der Waals surface area (Å²) in [5, 5.41) is 0. The topological polar surface area (TPSA) is 51.8 Å². The molecule has 1 aromatic carbocycles. The molecule has 2 N–H and O–H groups in total. The van der Waals surface area contributed by atoms with Crippen molar-refractivity contribution in [3.8, 4) is 11.1 Å². The number of nitrogens with two attached hydrogens (primary N) is 1. The van der Waals surface area contributed by atoms with E-state index in [2.05, 4.69) is 9.97 Å². The maximum atomic E-state index is 5.43. The zero-order chi connectivity index (χ0) is 10.5. The summed E-state index contributed by atoms with van der Waals surface area (Å²) in [6.07, 6.45) is 4.41. The van der Waals surface area contributed by atoms with Gasteiger partial charge in [0.15, 0.2) is 0 Å². The number of hydrogen-bond acceptors (Lipinski definition) is 3. The Kier molecular flexibility index (Phi) is 3.05. The van der Waals surface area contributed by atoms with Crippen LogP contribution in [0, 0.1) is 0 Å². The number of rotatable bonds is 3. The molecule has 0 amide bonds.